The van der Waals surface area contributed by atoms with Crippen LogP contribution in [0.25, 0.3) is 0 Å². The van der Waals surface area contributed by atoms with E-state index >= 15 is 0 Å². The molecule has 0 radical (unpaired) electrons. The van der Waals surface area contributed by atoms with E-state index in [9.17, 15) is 0 Å². The first-order valence-corrected chi connectivity index (χ1v) is 7.25. The van der Waals surface area contributed by atoms with Crippen LogP contribution < -0.4 is 10.6 Å². The Hall–Kier alpha value is -1.40. The molecule has 0 fully saturated rings. The topological polar surface area (TPSA) is 68.3 Å². The van der Waals surface area contributed by atoms with Gasteiger partial charge in [-0.25, -0.2) is 9.97 Å². The Balaban J connectivity index is 2.42. The lowest BCUT2D eigenvalue weighted by Gasteiger charge is -2.10. The average Bonchev–Trinajstić information content (AvgIpc) is 2.48. The van der Waals surface area contributed by atoms with Gasteiger partial charge in [-0.2, -0.15) is 0 Å². The third kappa shape index (κ3) is 6.68. The minimum atomic E-state index is 0.431. The van der Waals surface area contributed by atoms with Crippen molar-refractivity contribution in [2.75, 3.05) is 44.0 Å². The van der Waals surface area contributed by atoms with Gasteiger partial charge >= 0.3 is 0 Å². The first kappa shape index (κ1) is 16.7. The van der Waals surface area contributed by atoms with Crippen LogP contribution in [-0.2, 0) is 16.1 Å². The molecule has 1 rings (SSSR count). The van der Waals surface area contributed by atoms with Gasteiger partial charge < -0.3 is 20.1 Å². The molecule has 0 amide bonds. The van der Waals surface area contributed by atoms with Crippen molar-refractivity contribution < 1.29 is 9.47 Å². The monoisotopic (exact) mass is 282 g/mol. The summed E-state index contributed by atoms with van der Waals surface area (Å²) in [6.07, 6.45) is 2.02. The summed E-state index contributed by atoms with van der Waals surface area (Å²) >= 11 is 0. The van der Waals surface area contributed by atoms with Gasteiger partial charge in [-0.15, -0.1) is 0 Å². The zero-order chi connectivity index (χ0) is 14.6. The van der Waals surface area contributed by atoms with E-state index in [2.05, 4.69) is 27.5 Å². The van der Waals surface area contributed by atoms with Crippen LogP contribution in [0.5, 0.6) is 0 Å². The molecule has 0 aliphatic heterocycles. The van der Waals surface area contributed by atoms with E-state index in [1.165, 1.54) is 0 Å². The molecule has 6 nitrogen and oxygen atoms in total. The maximum absolute atomic E-state index is 5.44. The number of aromatic nitrogens is 2. The number of nitrogens with one attached hydrogen (secondary N) is 2. The van der Waals surface area contributed by atoms with Crippen molar-refractivity contribution in [3.8, 4) is 0 Å². The molecule has 1 heterocycles. The molecule has 2 N–H and O–H groups in total. The molecule has 1 aromatic rings. The van der Waals surface area contributed by atoms with Gasteiger partial charge in [-0.3, -0.25) is 0 Å². The van der Waals surface area contributed by atoms with Gasteiger partial charge in [0, 0.05) is 39.5 Å². The van der Waals surface area contributed by atoms with Gasteiger partial charge in [0.1, 0.15) is 18.2 Å². The van der Waals surface area contributed by atoms with Gasteiger partial charge in [0.15, 0.2) is 5.82 Å². The third-order valence-electron chi connectivity index (χ3n) is 2.58. The third-order valence-corrected chi connectivity index (χ3v) is 2.58. The van der Waals surface area contributed by atoms with E-state index < -0.39 is 0 Å². The number of hydrogen-bond acceptors (Lipinski definition) is 6. The first-order chi connectivity index (χ1) is 9.80. The second kappa shape index (κ2) is 10.4. The number of ether oxygens (including phenoxy) is 2. The summed E-state index contributed by atoms with van der Waals surface area (Å²) in [5.74, 6) is 2.29. The molecular formula is C14H26N4O2. The summed E-state index contributed by atoms with van der Waals surface area (Å²) in [5.41, 5.74) is 0. The van der Waals surface area contributed by atoms with Crippen molar-refractivity contribution in [3.05, 3.63) is 11.9 Å². The number of hydrogen-bond donors (Lipinski definition) is 2. The van der Waals surface area contributed by atoms with Crippen LogP contribution in [0.3, 0.4) is 0 Å². The summed E-state index contributed by atoms with van der Waals surface area (Å²) in [4.78, 5) is 8.77. The zero-order valence-corrected chi connectivity index (χ0v) is 12.7. The summed E-state index contributed by atoms with van der Waals surface area (Å²) < 4.78 is 10.8. The Kier molecular flexibility index (Phi) is 8.66. The lowest BCUT2D eigenvalue weighted by atomic mass is 10.4. The van der Waals surface area contributed by atoms with E-state index in [1.807, 2.05) is 20.0 Å². The van der Waals surface area contributed by atoms with Gasteiger partial charge in [0.2, 0.25) is 0 Å². The molecule has 0 aliphatic rings. The fourth-order valence-corrected chi connectivity index (χ4v) is 1.61. The Morgan fingerprint density at radius 2 is 1.90 bits per heavy atom. The van der Waals surface area contributed by atoms with Crippen molar-refractivity contribution in [3.63, 3.8) is 0 Å². The quantitative estimate of drug-likeness (QED) is 0.607. The van der Waals surface area contributed by atoms with Crippen molar-refractivity contribution in [2.24, 2.45) is 0 Å². The van der Waals surface area contributed by atoms with Crippen LogP contribution in [0.4, 0.5) is 11.6 Å². The number of rotatable bonds is 11. The molecule has 0 unspecified atom stereocenters. The van der Waals surface area contributed by atoms with Crippen LogP contribution in [-0.4, -0.2) is 43.4 Å². The van der Waals surface area contributed by atoms with Crippen molar-refractivity contribution in [1.29, 1.82) is 0 Å². The normalized spacial score (nSPS) is 10.6. The summed E-state index contributed by atoms with van der Waals surface area (Å²) in [6.45, 7) is 7.59. The number of nitrogens with zero attached hydrogens (tertiary/aromatic N) is 2. The van der Waals surface area contributed by atoms with Crippen molar-refractivity contribution in [1.82, 2.24) is 9.97 Å². The van der Waals surface area contributed by atoms with Crippen LogP contribution in [0, 0.1) is 0 Å². The average molecular weight is 282 g/mol. The summed E-state index contributed by atoms with van der Waals surface area (Å²) in [6, 6.07) is 1.89. The highest BCUT2D eigenvalue weighted by Gasteiger charge is 2.03. The van der Waals surface area contributed by atoms with Gasteiger partial charge in [0.25, 0.3) is 0 Å². The van der Waals surface area contributed by atoms with Gasteiger partial charge in [-0.05, 0) is 19.8 Å². The Bertz CT molecular complexity index is 374. The fraction of sp³-hybridized carbons (Fsp3) is 0.714. The molecule has 0 atom stereocenters. The maximum atomic E-state index is 5.44. The molecule has 20 heavy (non-hydrogen) atoms. The Morgan fingerprint density at radius 3 is 2.60 bits per heavy atom. The van der Waals surface area contributed by atoms with E-state index in [4.69, 9.17) is 9.47 Å². The number of anilines is 2. The Labute approximate surface area is 121 Å². The summed E-state index contributed by atoms with van der Waals surface area (Å²) in [5, 5.41) is 6.32. The largest absolute Gasteiger partial charge is 0.381 e. The van der Waals surface area contributed by atoms with Crippen LogP contribution >= 0.6 is 0 Å². The second-order valence-corrected chi connectivity index (χ2v) is 4.33. The summed E-state index contributed by atoms with van der Waals surface area (Å²) in [7, 11) is 1.84. The standard InChI is InChI=1S/C14H26N4O2/c1-4-8-20-9-6-7-16-13-10-12(15-3)17-14(18-13)11-19-5-2/h10H,4-9,11H2,1-3H3,(H2,15,16,17,18). The molecule has 114 valence electrons. The molecule has 0 spiro atoms. The van der Waals surface area contributed by atoms with Crippen molar-refractivity contribution >= 4 is 11.6 Å². The maximum Gasteiger partial charge on any atom is 0.158 e. The fourth-order valence-electron chi connectivity index (χ4n) is 1.61. The predicted molar refractivity (Wildman–Crippen MR) is 81.1 cm³/mol. The lowest BCUT2D eigenvalue weighted by Crippen LogP contribution is -2.10. The second-order valence-electron chi connectivity index (χ2n) is 4.33. The van der Waals surface area contributed by atoms with E-state index in [-0.39, 0.29) is 0 Å². The highest BCUT2D eigenvalue weighted by atomic mass is 16.5. The SMILES string of the molecule is CCCOCCCNc1cc(NC)nc(COCC)n1. The van der Waals surface area contributed by atoms with E-state index in [0.717, 1.165) is 44.2 Å². The molecule has 0 saturated heterocycles. The van der Waals surface area contributed by atoms with Crippen LogP contribution in [0.2, 0.25) is 0 Å². The van der Waals surface area contributed by atoms with Crippen molar-refractivity contribution in [2.45, 2.75) is 33.3 Å². The van der Waals surface area contributed by atoms with Gasteiger partial charge in [-0.1, -0.05) is 6.92 Å². The van der Waals surface area contributed by atoms with E-state index in [0.29, 0.717) is 19.0 Å². The van der Waals surface area contributed by atoms with Crippen LogP contribution in [0.1, 0.15) is 32.5 Å². The van der Waals surface area contributed by atoms with E-state index in [1.54, 1.807) is 0 Å². The molecule has 0 saturated carbocycles. The zero-order valence-electron chi connectivity index (χ0n) is 12.7. The molecule has 0 aromatic carbocycles. The predicted octanol–water partition coefficient (Wildman–Crippen LogP) is 2.28. The molecular weight excluding hydrogens is 256 g/mol. The van der Waals surface area contributed by atoms with Gasteiger partial charge in [0.05, 0.1) is 0 Å². The highest BCUT2D eigenvalue weighted by molar-refractivity contribution is 5.47. The lowest BCUT2D eigenvalue weighted by molar-refractivity contribution is 0.128. The molecule has 0 aliphatic carbocycles. The smallest absolute Gasteiger partial charge is 0.158 e. The Morgan fingerprint density at radius 1 is 1.10 bits per heavy atom. The molecule has 6 heteroatoms. The van der Waals surface area contributed by atoms with Crippen LogP contribution in [0.15, 0.2) is 6.07 Å². The first-order valence-electron chi connectivity index (χ1n) is 7.25. The highest BCUT2D eigenvalue weighted by Crippen LogP contribution is 2.11. The minimum Gasteiger partial charge on any atom is -0.381 e. The molecule has 1 aromatic heterocycles. The minimum absolute atomic E-state index is 0.431. The molecule has 0 bridgehead atoms.